The van der Waals surface area contributed by atoms with Gasteiger partial charge in [0.2, 0.25) is 5.56 Å². The summed E-state index contributed by atoms with van der Waals surface area (Å²) in [6, 6.07) is 9.86. The van der Waals surface area contributed by atoms with E-state index in [2.05, 4.69) is 21.5 Å². The van der Waals surface area contributed by atoms with Gasteiger partial charge in [0.1, 0.15) is 4.90 Å². The number of pyridine rings is 1. The fourth-order valence-corrected chi connectivity index (χ4v) is 3.81. The van der Waals surface area contributed by atoms with Gasteiger partial charge < -0.3 is 9.88 Å². The summed E-state index contributed by atoms with van der Waals surface area (Å²) in [7, 11) is -3.71. The van der Waals surface area contributed by atoms with Gasteiger partial charge in [-0.2, -0.15) is 0 Å². The number of aromatic nitrogens is 1. The maximum atomic E-state index is 12.3. The number of nitrogens with zero attached hydrogens (tertiary/aromatic N) is 1. The Morgan fingerprint density at radius 2 is 1.75 bits per heavy atom. The minimum absolute atomic E-state index is 0.0243. The Bertz CT molecular complexity index is 831. The summed E-state index contributed by atoms with van der Waals surface area (Å²) in [5.74, 6) is 0.768. The molecule has 1 aliphatic heterocycles. The lowest BCUT2D eigenvalue weighted by atomic mass is 9.99. The molecular formula is C17H21N3O3S. The molecule has 0 spiro atoms. The Labute approximate surface area is 141 Å². The van der Waals surface area contributed by atoms with Gasteiger partial charge >= 0.3 is 0 Å². The summed E-state index contributed by atoms with van der Waals surface area (Å²) < 4.78 is 27.1. The largest absolute Gasteiger partial charge is 0.372 e. The molecule has 0 radical (unpaired) electrons. The van der Waals surface area contributed by atoms with Crippen LogP contribution in [0.25, 0.3) is 0 Å². The number of piperidine rings is 1. The molecule has 1 saturated heterocycles. The number of anilines is 2. The highest BCUT2D eigenvalue weighted by Crippen LogP contribution is 2.25. The number of hydrogen-bond donors (Lipinski definition) is 2. The smallest absolute Gasteiger partial charge is 0.263 e. The van der Waals surface area contributed by atoms with E-state index in [1.165, 1.54) is 31.2 Å². The van der Waals surface area contributed by atoms with Crippen molar-refractivity contribution in [2.75, 3.05) is 22.7 Å². The summed E-state index contributed by atoms with van der Waals surface area (Å²) >= 11 is 0. The van der Waals surface area contributed by atoms with Crippen LogP contribution in [-0.4, -0.2) is 26.5 Å². The molecule has 2 aromatic rings. The van der Waals surface area contributed by atoms with Gasteiger partial charge in [0, 0.05) is 36.7 Å². The van der Waals surface area contributed by atoms with Gasteiger partial charge in [-0.1, -0.05) is 6.92 Å². The monoisotopic (exact) mass is 347 g/mol. The summed E-state index contributed by atoms with van der Waals surface area (Å²) in [6.45, 7) is 4.33. The van der Waals surface area contributed by atoms with Gasteiger partial charge in [-0.3, -0.25) is 9.52 Å². The van der Waals surface area contributed by atoms with Crippen LogP contribution < -0.4 is 15.2 Å². The SMILES string of the molecule is CC1CCN(c2ccc(NS(=O)(=O)c3ccc(=O)[nH]c3)cc2)CC1. The van der Waals surface area contributed by atoms with Crippen LogP contribution in [0.3, 0.4) is 0 Å². The van der Waals surface area contributed by atoms with Crippen molar-refractivity contribution < 1.29 is 8.42 Å². The lowest BCUT2D eigenvalue weighted by molar-refractivity contribution is 0.438. The molecule has 1 aliphatic rings. The van der Waals surface area contributed by atoms with E-state index in [0.29, 0.717) is 5.69 Å². The van der Waals surface area contributed by atoms with E-state index in [-0.39, 0.29) is 10.5 Å². The quantitative estimate of drug-likeness (QED) is 0.890. The molecule has 1 fully saturated rings. The lowest BCUT2D eigenvalue weighted by Gasteiger charge is -2.32. The second-order valence-corrected chi connectivity index (χ2v) is 7.89. The zero-order valence-corrected chi connectivity index (χ0v) is 14.3. The molecule has 128 valence electrons. The minimum Gasteiger partial charge on any atom is -0.372 e. The summed E-state index contributed by atoms with van der Waals surface area (Å²) in [5, 5.41) is 0. The highest BCUT2D eigenvalue weighted by atomic mass is 32.2. The van der Waals surface area contributed by atoms with E-state index in [0.717, 1.165) is 24.7 Å². The zero-order chi connectivity index (χ0) is 17.2. The molecule has 2 N–H and O–H groups in total. The van der Waals surface area contributed by atoms with Crippen LogP contribution in [0.15, 0.2) is 52.3 Å². The Balaban J connectivity index is 1.72. The molecule has 2 heterocycles. The summed E-state index contributed by atoms with van der Waals surface area (Å²) in [4.78, 5) is 15.7. The predicted molar refractivity (Wildman–Crippen MR) is 94.9 cm³/mol. The lowest BCUT2D eigenvalue weighted by Crippen LogP contribution is -2.32. The van der Waals surface area contributed by atoms with Crippen molar-refractivity contribution in [3.05, 3.63) is 52.9 Å². The zero-order valence-electron chi connectivity index (χ0n) is 13.5. The maximum absolute atomic E-state index is 12.3. The van der Waals surface area contributed by atoms with Gasteiger partial charge in [-0.25, -0.2) is 8.42 Å². The normalized spacial score (nSPS) is 16.1. The molecule has 6 nitrogen and oxygen atoms in total. The van der Waals surface area contributed by atoms with E-state index in [1.54, 1.807) is 12.1 Å². The third-order valence-corrected chi connectivity index (χ3v) is 5.71. The molecule has 0 unspecified atom stereocenters. The van der Waals surface area contributed by atoms with Crippen LogP contribution in [0.2, 0.25) is 0 Å². The van der Waals surface area contributed by atoms with E-state index < -0.39 is 10.0 Å². The molecule has 1 aromatic heterocycles. The highest BCUT2D eigenvalue weighted by Gasteiger charge is 2.17. The van der Waals surface area contributed by atoms with Crippen LogP contribution in [-0.2, 0) is 10.0 Å². The molecule has 0 amide bonds. The highest BCUT2D eigenvalue weighted by molar-refractivity contribution is 7.92. The fourth-order valence-electron chi connectivity index (χ4n) is 2.78. The third kappa shape index (κ3) is 3.79. The molecule has 0 saturated carbocycles. The van der Waals surface area contributed by atoms with Crippen molar-refractivity contribution in [3.63, 3.8) is 0 Å². The van der Waals surface area contributed by atoms with Crippen molar-refractivity contribution in [2.24, 2.45) is 5.92 Å². The van der Waals surface area contributed by atoms with Crippen molar-refractivity contribution in [3.8, 4) is 0 Å². The first kappa shape index (κ1) is 16.6. The molecule has 7 heteroatoms. The maximum Gasteiger partial charge on any atom is 0.263 e. The van der Waals surface area contributed by atoms with E-state index in [4.69, 9.17) is 0 Å². The second kappa shape index (κ2) is 6.68. The Morgan fingerprint density at radius 1 is 1.08 bits per heavy atom. The summed E-state index contributed by atoms with van der Waals surface area (Å²) in [6.07, 6.45) is 3.55. The predicted octanol–water partition coefficient (Wildman–Crippen LogP) is 2.41. The molecule has 0 aliphatic carbocycles. The molecule has 0 atom stereocenters. The Morgan fingerprint density at radius 3 is 2.33 bits per heavy atom. The Kier molecular flexibility index (Phi) is 4.62. The van der Waals surface area contributed by atoms with Crippen LogP contribution in [0, 0.1) is 5.92 Å². The molecule has 1 aromatic carbocycles. The van der Waals surface area contributed by atoms with Gasteiger partial charge in [-0.05, 0) is 49.1 Å². The van der Waals surface area contributed by atoms with Gasteiger partial charge in [0.25, 0.3) is 10.0 Å². The number of hydrogen-bond acceptors (Lipinski definition) is 4. The third-order valence-electron chi connectivity index (χ3n) is 4.33. The van der Waals surface area contributed by atoms with Crippen molar-refractivity contribution >= 4 is 21.4 Å². The molecule has 0 bridgehead atoms. The average Bonchev–Trinajstić information content (AvgIpc) is 2.56. The van der Waals surface area contributed by atoms with Gasteiger partial charge in [-0.15, -0.1) is 0 Å². The van der Waals surface area contributed by atoms with Crippen molar-refractivity contribution in [1.82, 2.24) is 4.98 Å². The standard InChI is InChI=1S/C17H21N3O3S/c1-13-8-10-20(11-9-13)15-4-2-14(3-5-15)19-24(22,23)16-6-7-17(21)18-12-16/h2-7,12-13,19H,8-11H2,1H3,(H,18,21). The fraction of sp³-hybridized carbons (Fsp3) is 0.353. The molecule has 3 rings (SSSR count). The van der Waals surface area contributed by atoms with E-state index in [9.17, 15) is 13.2 Å². The van der Waals surface area contributed by atoms with Crippen LogP contribution in [0.4, 0.5) is 11.4 Å². The topological polar surface area (TPSA) is 82.3 Å². The number of H-pyrrole nitrogens is 1. The minimum atomic E-state index is -3.71. The van der Waals surface area contributed by atoms with Crippen LogP contribution >= 0.6 is 0 Å². The number of sulfonamides is 1. The van der Waals surface area contributed by atoms with E-state index in [1.807, 2.05) is 12.1 Å². The van der Waals surface area contributed by atoms with Gasteiger partial charge in [0.05, 0.1) is 0 Å². The number of rotatable bonds is 4. The summed E-state index contributed by atoms with van der Waals surface area (Å²) in [5.41, 5.74) is 1.26. The first-order valence-corrected chi connectivity index (χ1v) is 9.49. The number of aromatic amines is 1. The molecular weight excluding hydrogens is 326 g/mol. The first-order valence-electron chi connectivity index (χ1n) is 8.01. The van der Waals surface area contributed by atoms with E-state index >= 15 is 0 Å². The number of nitrogens with one attached hydrogen (secondary N) is 2. The average molecular weight is 347 g/mol. The Hall–Kier alpha value is -2.28. The number of benzene rings is 1. The van der Waals surface area contributed by atoms with Crippen molar-refractivity contribution in [1.29, 1.82) is 0 Å². The van der Waals surface area contributed by atoms with Crippen LogP contribution in [0.1, 0.15) is 19.8 Å². The molecule has 24 heavy (non-hydrogen) atoms. The van der Waals surface area contributed by atoms with Crippen molar-refractivity contribution in [2.45, 2.75) is 24.7 Å². The second-order valence-electron chi connectivity index (χ2n) is 6.21. The van der Waals surface area contributed by atoms with Gasteiger partial charge in [0.15, 0.2) is 0 Å². The first-order chi connectivity index (χ1) is 11.4. The van der Waals surface area contributed by atoms with Crippen LogP contribution in [0.5, 0.6) is 0 Å².